The number of carbonyl (C=O) groups is 5. The van der Waals surface area contributed by atoms with Crippen molar-refractivity contribution in [3.8, 4) is 0 Å². The minimum atomic E-state index is -4.51. The predicted octanol–water partition coefficient (Wildman–Crippen LogP) is 3.50. The van der Waals surface area contributed by atoms with E-state index in [1.165, 1.54) is 53.5 Å². The molecule has 0 radical (unpaired) electrons. The Morgan fingerprint density at radius 3 is 2.16 bits per heavy atom. The number of hydrazine groups is 1. The number of sulfone groups is 1. The van der Waals surface area contributed by atoms with E-state index in [0.717, 1.165) is 10.6 Å². The number of rotatable bonds is 17. The zero-order valence-corrected chi connectivity index (χ0v) is 37.3. The fraction of sp³-hybridized carbons (Fsp3) is 0.444. The van der Waals surface area contributed by atoms with Gasteiger partial charge in [0.2, 0.25) is 15.7 Å². The number of halogens is 1. The summed E-state index contributed by atoms with van der Waals surface area (Å²) in [7, 11) is -4.51. The Labute approximate surface area is 367 Å². The second-order valence-electron chi connectivity index (χ2n) is 17.4. The van der Waals surface area contributed by atoms with Crippen LogP contribution in [0.25, 0.3) is 0 Å². The summed E-state index contributed by atoms with van der Waals surface area (Å²) in [5.41, 5.74) is 11.5. The number of nitrogens with two attached hydrogens (primary N) is 2. The van der Waals surface area contributed by atoms with Gasteiger partial charge in [0.15, 0.2) is 6.10 Å². The van der Waals surface area contributed by atoms with Crippen LogP contribution in [0, 0.1) is 18.7 Å². The van der Waals surface area contributed by atoms with Gasteiger partial charge in [-0.25, -0.2) is 27.6 Å². The van der Waals surface area contributed by atoms with Crippen molar-refractivity contribution in [1.29, 1.82) is 0 Å². The largest absolute Gasteiger partial charge is 0.444 e. The highest BCUT2D eigenvalue weighted by molar-refractivity contribution is 7.95. The molecular weight excluding hydrogens is 834 g/mol. The minimum Gasteiger partial charge on any atom is -0.444 e. The lowest BCUT2D eigenvalue weighted by molar-refractivity contribution is -0.161. The fourth-order valence-electron chi connectivity index (χ4n) is 7.64. The number of ether oxygens (including phenoxy) is 1. The van der Waals surface area contributed by atoms with Gasteiger partial charge in [0.1, 0.15) is 22.7 Å². The van der Waals surface area contributed by atoms with E-state index in [0.29, 0.717) is 17.5 Å². The third-order valence-electron chi connectivity index (χ3n) is 10.9. The third-order valence-corrected chi connectivity index (χ3v) is 12.8. The monoisotopic (exact) mass is 891 g/mol. The summed E-state index contributed by atoms with van der Waals surface area (Å²) < 4.78 is 48.9. The first-order valence-corrected chi connectivity index (χ1v) is 22.3. The van der Waals surface area contributed by atoms with E-state index in [1.54, 1.807) is 65.8 Å². The molecule has 63 heavy (non-hydrogen) atoms. The highest BCUT2D eigenvalue weighted by Crippen LogP contribution is 2.43. The lowest BCUT2D eigenvalue weighted by Gasteiger charge is -2.45. The van der Waals surface area contributed by atoms with Crippen LogP contribution in [0.4, 0.5) is 9.18 Å². The smallest absolute Gasteiger partial charge is 0.407 e. The van der Waals surface area contributed by atoms with Gasteiger partial charge in [0.25, 0.3) is 17.7 Å². The molecule has 2 heterocycles. The number of alkyl carbamates (subject to hydrolysis) is 1. The van der Waals surface area contributed by atoms with Crippen molar-refractivity contribution in [3.05, 3.63) is 111 Å². The standard InChI is InChI=1S/C45H58FN7O9S/c1-27(2)35-38(63(60,61)33-20-10-28(3)11-21-33)36(53-42(58)45(48,22-24-52(35)53)25-29-14-18-32(46)19-15-29)40(56)51-34(9-7-8-23-49-43(59)62-44(4,5)6)37(54)41(57)50-26-30-12-16-31(17-13-30)39(47)55/h10-21,27,34-35,37,54H,7-9,22-26,48H2,1-6H3,(H2,47,55)(H,49,59)(H,50,57)(H,51,56)/t34-,35?,37?,45?/m0/s1. The van der Waals surface area contributed by atoms with Crippen molar-refractivity contribution < 1.29 is 46.6 Å². The summed E-state index contributed by atoms with van der Waals surface area (Å²) in [6, 6.07) is 15.3. The molecule has 2 aliphatic heterocycles. The Hall–Kier alpha value is -5.69. The van der Waals surface area contributed by atoms with Crippen molar-refractivity contribution in [2.45, 2.75) is 114 Å². The van der Waals surface area contributed by atoms with Crippen LogP contribution in [0.5, 0.6) is 0 Å². The van der Waals surface area contributed by atoms with Gasteiger partial charge in [-0.15, -0.1) is 0 Å². The number of aliphatic hydroxyl groups is 1. The van der Waals surface area contributed by atoms with Crippen LogP contribution in [-0.4, -0.2) is 95.7 Å². The Kier molecular flexibility index (Phi) is 15.2. The van der Waals surface area contributed by atoms with Crippen LogP contribution in [-0.2, 0) is 41.9 Å². The number of primary amides is 1. The maximum Gasteiger partial charge on any atom is 0.407 e. The molecule has 2 aliphatic rings. The molecule has 0 spiro atoms. The first-order chi connectivity index (χ1) is 29.5. The number of unbranched alkanes of at least 4 members (excludes halogenated alkanes) is 1. The average molecular weight is 892 g/mol. The summed E-state index contributed by atoms with van der Waals surface area (Å²) in [4.78, 5) is 66.8. The van der Waals surface area contributed by atoms with Gasteiger partial charge in [-0.3, -0.25) is 19.2 Å². The van der Waals surface area contributed by atoms with Crippen LogP contribution in [0.15, 0.2) is 88.3 Å². The van der Waals surface area contributed by atoms with Gasteiger partial charge in [-0.05, 0) is 113 Å². The van der Waals surface area contributed by atoms with Gasteiger partial charge in [0, 0.05) is 25.2 Å². The predicted molar refractivity (Wildman–Crippen MR) is 232 cm³/mol. The van der Waals surface area contributed by atoms with Crippen LogP contribution in [0.1, 0.15) is 87.4 Å². The molecule has 16 nitrogen and oxygen atoms in total. The Morgan fingerprint density at radius 2 is 1.57 bits per heavy atom. The summed E-state index contributed by atoms with van der Waals surface area (Å²) in [6.07, 6.45) is -1.97. The second-order valence-corrected chi connectivity index (χ2v) is 19.4. The lowest BCUT2D eigenvalue weighted by atomic mass is 9.85. The van der Waals surface area contributed by atoms with Crippen molar-refractivity contribution in [2.75, 3.05) is 13.1 Å². The van der Waals surface area contributed by atoms with Crippen LogP contribution >= 0.6 is 0 Å². The van der Waals surface area contributed by atoms with E-state index >= 15 is 0 Å². The van der Waals surface area contributed by atoms with Crippen molar-refractivity contribution in [1.82, 2.24) is 26.0 Å². The van der Waals surface area contributed by atoms with Gasteiger partial charge < -0.3 is 37.3 Å². The molecule has 0 aromatic heterocycles. The van der Waals surface area contributed by atoms with Crippen LogP contribution in [0.3, 0.4) is 0 Å². The zero-order chi connectivity index (χ0) is 46.4. The Morgan fingerprint density at radius 1 is 0.952 bits per heavy atom. The Balaban J connectivity index is 1.52. The number of fused-ring (bicyclic) bond motifs is 1. The average Bonchev–Trinajstić information content (AvgIpc) is 3.58. The Bertz CT molecular complexity index is 2320. The van der Waals surface area contributed by atoms with Gasteiger partial charge in [0.05, 0.1) is 21.9 Å². The highest BCUT2D eigenvalue weighted by atomic mass is 32.2. The molecule has 0 saturated carbocycles. The topological polar surface area (TPSA) is 244 Å². The normalized spacial score (nSPS) is 19.0. The van der Waals surface area contributed by atoms with Crippen molar-refractivity contribution >= 4 is 39.6 Å². The van der Waals surface area contributed by atoms with Gasteiger partial charge >= 0.3 is 6.09 Å². The molecular formula is C45H58FN7O9S. The highest BCUT2D eigenvalue weighted by Gasteiger charge is 2.57. The summed E-state index contributed by atoms with van der Waals surface area (Å²) in [5.74, 6) is -4.29. The molecule has 1 saturated heterocycles. The molecule has 8 N–H and O–H groups in total. The molecule has 4 atom stereocenters. The summed E-state index contributed by atoms with van der Waals surface area (Å²) in [6.45, 7) is 10.6. The number of aliphatic hydroxyl groups excluding tert-OH is 1. The maximum atomic E-state index is 15.0. The van der Waals surface area contributed by atoms with Crippen LogP contribution < -0.4 is 27.4 Å². The number of aryl methyl sites for hydroxylation is 1. The van der Waals surface area contributed by atoms with Crippen molar-refractivity contribution in [2.24, 2.45) is 17.4 Å². The first kappa shape index (κ1) is 48.3. The molecule has 0 bridgehead atoms. The zero-order valence-electron chi connectivity index (χ0n) is 36.4. The molecule has 5 rings (SSSR count). The number of benzene rings is 3. The second kappa shape index (κ2) is 19.8. The molecule has 18 heteroatoms. The maximum absolute atomic E-state index is 15.0. The van der Waals surface area contributed by atoms with E-state index in [9.17, 15) is 41.9 Å². The van der Waals surface area contributed by atoms with E-state index in [2.05, 4.69) is 16.0 Å². The van der Waals surface area contributed by atoms with E-state index in [-0.39, 0.29) is 60.7 Å². The van der Waals surface area contributed by atoms with E-state index in [1.807, 2.05) is 0 Å². The number of hydrogen-bond donors (Lipinski definition) is 6. The molecule has 0 aliphatic carbocycles. The molecule has 5 amide bonds. The quantitative estimate of drug-likeness (QED) is 0.107. The lowest BCUT2D eigenvalue weighted by Crippen LogP contribution is -2.67. The first-order valence-electron chi connectivity index (χ1n) is 20.8. The number of nitrogens with zero attached hydrogens (tertiary/aromatic N) is 2. The fourth-order valence-corrected chi connectivity index (χ4v) is 9.53. The molecule has 3 aromatic rings. The minimum absolute atomic E-state index is 0.0341. The van der Waals surface area contributed by atoms with E-state index in [4.69, 9.17) is 16.2 Å². The number of hydrogen-bond acceptors (Lipinski definition) is 11. The van der Waals surface area contributed by atoms with Crippen LogP contribution in [0.2, 0.25) is 0 Å². The third kappa shape index (κ3) is 11.7. The van der Waals surface area contributed by atoms with Gasteiger partial charge in [-0.1, -0.05) is 55.8 Å². The SMILES string of the molecule is Cc1ccc(S(=O)(=O)C2=C(C(=O)N[C@@H](CCCCNC(=O)OC(C)(C)C)C(O)C(=O)NCc3ccc(C(N)=O)cc3)N3C(=O)C(N)(Cc4ccc(F)cc4)CCN3C2C(C)C)cc1. The summed E-state index contributed by atoms with van der Waals surface area (Å²) in [5, 5.41) is 22.1. The van der Waals surface area contributed by atoms with Crippen molar-refractivity contribution in [3.63, 3.8) is 0 Å². The van der Waals surface area contributed by atoms with Gasteiger partial charge in [-0.2, -0.15) is 0 Å². The molecule has 340 valence electrons. The van der Waals surface area contributed by atoms with E-state index < -0.39 is 86.3 Å². The molecule has 3 aromatic carbocycles. The molecule has 3 unspecified atom stereocenters. The summed E-state index contributed by atoms with van der Waals surface area (Å²) >= 11 is 0. The molecule has 1 fully saturated rings. The number of amides is 5. The number of nitrogens with one attached hydrogen (secondary N) is 3. The number of carbonyl (C=O) groups excluding carboxylic acids is 5.